The fraction of sp³-hybridized carbons (Fsp3) is 0.909. The molecule has 0 bridgehead atoms. The zero-order valence-electron chi connectivity index (χ0n) is 10.4. The highest BCUT2D eigenvalue weighted by Crippen LogP contribution is 2.35. The molecule has 1 amide bonds. The van der Waals surface area contributed by atoms with Gasteiger partial charge in [0.25, 0.3) is 0 Å². The van der Waals surface area contributed by atoms with E-state index in [9.17, 15) is 4.79 Å². The van der Waals surface area contributed by atoms with Crippen LogP contribution < -0.4 is 0 Å². The summed E-state index contributed by atoms with van der Waals surface area (Å²) < 4.78 is 1.97. The SMILES string of the molecule is CCC(BSN1CCC(C)(C)C1=O)CC. The lowest BCUT2D eigenvalue weighted by atomic mass is 9.81. The number of rotatable bonds is 5. The van der Waals surface area contributed by atoms with Crippen LogP contribution in [0.4, 0.5) is 0 Å². The van der Waals surface area contributed by atoms with E-state index in [0.29, 0.717) is 5.91 Å². The van der Waals surface area contributed by atoms with Crippen LogP contribution in [-0.2, 0) is 4.79 Å². The van der Waals surface area contributed by atoms with Crippen molar-refractivity contribution in [2.75, 3.05) is 6.54 Å². The molecule has 1 aliphatic heterocycles. The summed E-state index contributed by atoms with van der Waals surface area (Å²) in [5, 5.41) is 0. The fourth-order valence-corrected chi connectivity index (χ4v) is 3.22. The van der Waals surface area contributed by atoms with Gasteiger partial charge in [0.15, 0.2) is 0 Å². The van der Waals surface area contributed by atoms with Gasteiger partial charge < -0.3 is 0 Å². The van der Waals surface area contributed by atoms with Crippen LogP contribution in [0.5, 0.6) is 0 Å². The maximum atomic E-state index is 11.9. The largest absolute Gasteiger partial charge is 0.296 e. The first kappa shape index (κ1) is 13.0. The third kappa shape index (κ3) is 3.17. The quantitative estimate of drug-likeness (QED) is 0.531. The molecule has 0 aromatic rings. The van der Waals surface area contributed by atoms with E-state index in [1.807, 2.05) is 18.2 Å². The van der Waals surface area contributed by atoms with Crippen molar-refractivity contribution in [3.63, 3.8) is 0 Å². The lowest BCUT2D eigenvalue weighted by Crippen LogP contribution is -2.27. The minimum absolute atomic E-state index is 0.124. The molecule has 4 heteroatoms. The van der Waals surface area contributed by atoms with Gasteiger partial charge in [0.2, 0.25) is 12.5 Å². The van der Waals surface area contributed by atoms with Gasteiger partial charge in [-0.2, -0.15) is 0 Å². The van der Waals surface area contributed by atoms with Crippen molar-refractivity contribution >= 4 is 24.3 Å². The minimum atomic E-state index is -0.124. The van der Waals surface area contributed by atoms with Gasteiger partial charge >= 0.3 is 0 Å². The first-order chi connectivity index (χ1) is 7.01. The van der Waals surface area contributed by atoms with Gasteiger partial charge in [-0.1, -0.05) is 46.4 Å². The molecule has 0 aromatic carbocycles. The molecule has 0 spiro atoms. The lowest BCUT2D eigenvalue weighted by molar-refractivity contribution is -0.130. The average Bonchev–Trinajstić information content (AvgIpc) is 2.46. The molecule has 0 atom stereocenters. The molecule has 0 N–H and O–H groups in total. The molecule has 0 unspecified atom stereocenters. The molecular weight excluding hydrogens is 205 g/mol. The summed E-state index contributed by atoms with van der Waals surface area (Å²) in [4.78, 5) is 11.9. The van der Waals surface area contributed by atoms with Crippen LogP contribution in [0.3, 0.4) is 0 Å². The summed E-state index contributed by atoms with van der Waals surface area (Å²) in [7, 11) is 0. The summed E-state index contributed by atoms with van der Waals surface area (Å²) in [6.45, 7) is 10.6. The van der Waals surface area contributed by atoms with Crippen LogP contribution in [-0.4, -0.2) is 23.3 Å². The number of carbonyl (C=O) groups excluding carboxylic acids is 1. The second kappa shape index (κ2) is 5.28. The number of hydrogen-bond acceptors (Lipinski definition) is 2. The second-order valence-corrected chi connectivity index (χ2v) is 6.05. The highest BCUT2D eigenvalue weighted by Gasteiger charge is 2.38. The molecule has 0 saturated carbocycles. The topological polar surface area (TPSA) is 20.3 Å². The average molecular weight is 227 g/mol. The Morgan fingerprint density at radius 2 is 2.07 bits per heavy atom. The van der Waals surface area contributed by atoms with Gasteiger partial charge in [-0.3, -0.25) is 9.10 Å². The summed E-state index contributed by atoms with van der Waals surface area (Å²) >= 11 is 1.74. The Kier molecular flexibility index (Phi) is 4.56. The monoisotopic (exact) mass is 227 g/mol. The highest BCUT2D eigenvalue weighted by molar-refractivity contribution is 8.21. The maximum absolute atomic E-state index is 11.9. The Hall–Kier alpha value is -0.115. The van der Waals surface area contributed by atoms with Crippen LogP contribution in [0.25, 0.3) is 0 Å². The zero-order chi connectivity index (χ0) is 11.5. The molecule has 1 saturated heterocycles. The zero-order valence-corrected chi connectivity index (χ0v) is 11.2. The second-order valence-electron chi connectivity index (χ2n) is 5.02. The number of carbonyl (C=O) groups is 1. The van der Waals surface area contributed by atoms with Gasteiger partial charge in [0.1, 0.15) is 0 Å². The molecule has 0 aromatic heterocycles. The van der Waals surface area contributed by atoms with E-state index in [1.165, 1.54) is 12.8 Å². The maximum Gasteiger partial charge on any atom is 0.237 e. The molecule has 86 valence electrons. The Morgan fingerprint density at radius 1 is 1.47 bits per heavy atom. The van der Waals surface area contributed by atoms with Crippen molar-refractivity contribution < 1.29 is 4.79 Å². The predicted molar refractivity (Wildman–Crippen MR) is 69.2 cm³/mol. The third-order valence-electron chi connectivity index (χ3n) is 3.37. The normalized spacial score (nSPS) is 20.1. The first-order valence-corrected chi connectivity index (χ1v) is 6.90. The van der Waals surface area contributed by atoms with E-state index < -0.39 is 0 Å². The summed E-state index contributed by atoms with van der Waals surface area (Å²) in [5.41, 5.74) is -0.124. The smallest absolute Gasteiger partial charge is 0.237 e. The van der Waals surface area contributed by atoms with Crippen LogP contribution in [0.15, 0.2) is 0 Å². The standard InChI is InChI=1S/C11H22BNOS/c1-5-9(6-2)12-15-13-8-7-11(3,4)10(13)14/h9,12H,5-8H2,1-4H3. The van der Waals surface area contributed by atoms with E-state index in [-0.39, 0.29) is 5.41 Å². The Balaban J connectivity index is 2.38. The Morgan fingerprint density at radius 3 is 2.47 bits per heavy atom. The lowest BCUT2D eigenvalue weighted by Gasteiger charge is -2.20. The van der Waals surface area contributed by atoms with E-state index in [2.05, 4.69) is 13.8 Å². The third-order valence-corrected chi connectivity index (χ3v) is 4.65. The number of nitrogens with zero attached hydrogens (tertiary/aromatic N) is 1. The minimum Gasteiger partial charge on any atom is -0.296 e. The van der Waals surface area contributed by atoms with Gasteiger partial charge in [-0.25, -0.2) is 0 Å². The van der Waals surface area contributed by atoms with Crippen molar-refractivity contribution in [3.8, 4) is 0 Å². The van der Waals surface area contributed by atoms with Crippen LogP contribution in [0.2, 0.25) is 5.82 Å². The van der Waals surface area contributed by atoms with Gasteiger partial charge in [0.05, 0.1) is 0 Å². The summed E-state index contributed by atoms with van der Waals surface area (Å²) in [5.74, 6) is 1.07. The summed E-state index contributed by atoms with van der Waals surface area (Å²) in [6.07, 6.45) is 3.44. The number of hydrogen-bond donors (Lipinski definition) is 0. The van der Waals surface area contributed by atoms with Crippen molar-refractivity contribution in [1.82, 2.24) is 4.31 Å². The fourth-order valence-electron chi connectivity index (χ4n) is 1.77. The van der Waals surface area contributed by atoms with E-state index in [0.717, 1.165) is 25.3 Å². The predicted octanol–water partition coefficient (Wildman–Crippen LogP) is 2.85. The highest BCUT2D eigenvalue weighted by atomic mass is 32.2. The van der Waals surface area contributed by atoms with Crippen LogP contribution in [0.1, 0.15) is 47.0 Å². The molecule has 0 radical (unpaired) electrons. The molecule has 1 fully saturated rings. The van der Waals surface area contributed by atoms with Crippen LogP contribution in [0, 0.1) is 5.41 Å². The van der Waals surface area contributed by atoms with Gasteiger partial charge in [0, 0.05) is 12.0 Å². The molecule has 1 rings (SSSR count). The van der Waals surface area contributed by atoms with E-state index >= 15 is 0 Å². The molecule has 2 nitrogen and oxygen atoms in total. The van der Waals surface area contributed by atoms with Crippen LogP contribution >= 0.6 is 11.8 Å². The van der Waals surface area contributed by atoms with E-state index in [4.69, 9.17) is 0 Å². The molecule has 1 aliphatic rings. The summed E-state index contributed by atoms with van der Waals surface area (Å²) in [6, 6.07) is 0. The number of amides is 1. The molecule has 15 heavy (non-hydrogen) atoms. The van der Waals surface area contributed by atoms with Crippen molar-refractivity contribution in [2.45, 2.75) is 52.8 Å². The molecule has 1 heterocycles. The van der Waals surface area contributed by atoms with Gasteiger partial charge in [-0.05, 0) is 6.42 Å². The van der Waals surface area contributed by atoms with Crippen molar-refractivity contribution in [3.05, 3.63) is 0 Å². The van der Waals surface area contributed by atoms with Gasteiger partial charge in [-0.15, -0.1) is 11.8 Å². The molecular formula is C11H22BNOS. The Bertz CT molecular complexity index is 229. The van der Waals surface area contributed by atoms with Crippen molar-refractivity contribution in [1.29, 1.82) is 0 Å². The Labute approximate surface area is 98.4 Å². The van der Waals surface area contributed by atoms with E-state index in [1.54, 1.807) is 11.8 Å². The first-order valence-electron chi connectivity index (χ1n) is 5.96. The van der Waals surface area contributed by atoms with Crippen molar-refractivity contribution in [2.24, 2.45) is 5.41 Å². The molecule has 0 aliphatic carbocycles.